The van der Waals surface area contributed by atoms with Crippen molar-refractivity contribution in [2.75, 3.05) is 13.7 Å². The first-order chi connectivity index (χ1) is 6.20. The number of carbonyl (C=O) groups excluding carboxylic acids is 1. The number of nitrogens with zero attached hydrogens (tertiary/aromatic N) is 2. The first-order valence-corrected chi connectivity index (χ1v) is 4.11. The second kappa shape index (κ2) is 4.21. The third kappa shape index (κ3) is 1.97. The lowest BCUT2D eigenvalue weighted by Crippen LogP contribution is -2.42. The highest BCUT2D eigenvalue weighted by Crippen LogP contribution is 2.17. The van der Waals surface area contributed by atoms with Crippen LogP contribution in [0, 0.1) is 11.3 Å². The van der Waals surface area contributed by atoms with Crippen molar-refractivity contribution in [2.24, 2.45) is 0 Å². The standard InChI is InChI=1S/C8H12N2O3/c1-13-8(12)7(11)10-4-2-3-6(10)5-9/h6,8,12H,2-4H2,1H3/t6-,8?/m0/s1. The van der Waals surface area contributed by atoms with Crippen LogP contribution in [0.3, 0.4) is 0 Å². The van der Waals surface area contributed by atoms with E-state index in [1.54, 1.807) is 0 Å². The second-order valence-corrected chi connectivity index (χ2v) is 2.91. The van der Waals surface area contributed by atoms with Gasteiger partial charge in [0.2, 0.25) is 6.29 Å². The van der Waals surface area contributed by atoms with E-state index >= 15 is 0 Å². The summed E-state index contributed by atoms with van der Waals surface area (Å²) >= 11 is 0. The molecule has 0 aromatic rings. The zero-order chi connectivity index (χ0) is 9.84. The van der Waals surface area contributed by atoms with Crippen molar-refractivity contribution in [3.8, 4) is 6.07 Å². The molecule has 13 heavy (non-hydrogen) atoms. The molecule has 1 heterocycles. The average molecular weight is 184 g/mol. The maximum atomic E-state index is 11.3. The molecule has 0 spiro atoms. The number of likely N-dealkylation sites (tertiary alicyclic amines) is 1. The van der Waals surface area contributed by atoms with Crippen LogP contribution in [0.25, 0.3) is 0 Å². The first kappa shape index (κ1) is 9.96. The van der Waals surface area contributed by atoms with Crippen LogP contribution in [-0.4, -0.2) is 41.9 Å². The van der Waals surface area contributed by atoms with Crippen molar-refractivity contribution in [1.82, 2.24) is 4.90 Å². The summed E-state index contributed by atoms with van der Waals surface area (Å²) in [5.74, 6) is -0.522. The lowest BCUT2D eigenvalue weighted by Gasteiger charge is -2.21. The number of aliphatic hydroxyl groups is 1. The molecule has 1 saturated heterocycles. The Bertz CT molecular complexity index is 236. The van der Waals surface area contributed by atoms with Crippen molar-refractivity contribution >= 4 is 5.91 Å². The molecule has 0 bridgehead atoms. The van der Waals surface area contributed by atoms with Gasteiger partial charge in [-0.1, -0.05) is 0 Å². The Balaban J connectivity index is 2.61. The van der Waals surface area contributed by atoms with Crippen LogP contribution in [0.4, 0.5) is 0 Å². The zero-order valence-electron chi connectivity index (χ0n) is 7.43. The number of hydrogen-bond donors (Lipinski definition) is 1. The Hall–Kier alpha value is -1.12. The van der Waals surface area contributed by atoms with E-state index in [9.17, 15) is 4.79 Å². The maximum Gasteiger partial charge on any atom is 0.280 e. The predicted molar refractivity (Wildman–Crippen MR) is 43.4 cm³/mol. The van der Waals surface area contributed by atoms with Gasteiger partial charge in [-0.25, -0.2) is 0 Å². The first-order valence-electron chi connectivity index (χ1n) is 4.11. The van der Waals surface area contributed by atoms with E-state index in [-0.39, 0.29) is 0 Å². The molecule has 0 saturated carbocycles. The number of rotatable bonds is 2. The van der Waals surface area contributed by atoms with Crippen LogP contribution in [0.2, 0.25) is 0 Å². The van der Waals surface area contributed by atoms with Crippen molar-refractivity contribution < 1.29 is 14.6 Å². The van der Waals surface area contributed by atoms with Gasteiger partial charge in [-0.3, -0.25) is 4.79 Å². The Morgan fingerprint density at radius 1 is 1.85 bits per heavy atom. The molecule has 1 amide bonds. The normalized spacial score (nSPS) is 24.1. The van der Waals surface area contributed by atoms with Gasteiger partial charge < -0.3 is 14.7 Å². The SMILES string of the molecule is COC(O)C(=O)N1CCC[C@H]1C#N. The molecule has 1 fully saturated rings. The number of methoxy groups -OCH3 is 1. The smallest absolute Gasteiger partial charge is 0.280 e. The van der Waals surface area contributed by atoms with Crippen molar-refractivity contribution in [1.29, 1.82) is 5.26 Å². The van der Waals surface area contributed by atoms with Gasteiger partial charge in [-0.2, -0.15) is 5.26 Å². The van der Waals surface area contributed by atoms with Gasteiger partial charge in [-0.05, 0) is 12.8 Å². The summed E-state index contributed by atoms with van der Waals surface area (Å²) in [6.07, 6.45) is 0.0490. The van der Waals surface area contributed by atoms with Gasteiger partial charge in [0.1, 0.15) is 6.04 Å². The average Bonchev–Trinajstić information content (AvgIpc) is 2.62. The molecule has 72 valence electrons. The lowest BCUT2D eigenvalue weighted by molar-refractivity contribution is -0.164. The summed E-state index contributed by atoms with van der Waals surface area (Å²) in [5.41, 5.74) is 0. The fourth-order valence-electron chi connectivity index (χ4n) is 1.41. The van der Waals surface area contributed by atoms with E-state index in [0.717, 1.165) is 6.42 Å². The van der Waals surface area contributed by atoms with Gasteiger partial charge in [0.05, 0.1) is 6.07 Å². The number of aliphatic hydroxyl groups excluding tert-OH is 1. The number of hydrogen-bond acceptors (Lipinski definition) is 4. The predicted octanol–water partition coefficient (Wildman–Crippen LogP) is -0.534. The molecular weight excluding hydrogens is 172 g/mol. The molecule has 1 N–H and O–H groups in total. The van der Waals surface area contributed by atoms with Gasteiger partial charge in [0.25, 0.3) is 5.91 Å². The fraction of sp³-hybridized carbons (Fsp3) is 0.750. The lowest BCUT2D eigenvalue weighted by atomic mass is 10.2. The van der Waals surface area contributed by atoms with Gasteiger partial charge in [0.15, 0.2) is 0 Å². The molecule has 1 rings (SSSR count). The van der Waals surface area contributed by atoms with E-state index in [4.69, 9.17) is 10.4 Å². The molecular formula is C8H12N2O3. The van der Waals surface area contributed by atoms with E-state index in [1.807, 2.05) is 6.07 Å². The number of carbonyl (C=O) groups is 1. The highest BCUT2D eigenvalue weighted by Gasteiger charge is 2.32. The van der Waals surface area contributed by atoms with E-state index < -0.39 is 18.2 Å². The van der Waals surface area contributed by atoms with Crippen molar-refractivity contribution in [3.05, 3.63) is 0 Å². The Morgan fingerprint density at radius 2 is 2.54 bits per heavy atom. The number of nitriles is 1. The third-order valence-corrected chi connectivity index (χ3v) is 2.12. The second-order valence-electron chi connectivity index (χ2n) is 2.91. The summed E-state index contributed by atoms with van der Waals surface area (Å²) in [5, 5.41) is 17.8. The molecule has 5 heteroatoms. The van der Waals surface area contributed by atoms with Gasteiger partial charge in [0, 0.05) is 13.7 Å². The highest BCUT2D eigenvalue weighted by molar-refractivity contribution is 5.80. The van der Waals surface area contributed by atoms with E-state index in [1.165, 1.54) is 12.0 Å². The molecule has 0 aromatic heterocycles. The summed E-state index contributed by atoms with van der Waals surface area (Å²) in [4.78, 5) is 12.7. The van der Waals surface area contributed by atoms with Crippen LogP contribution >= 0.6 is 0 Å². The summed E-state index contributed by atoms with van der Waals surface area (Å²) in [7, 11) is 1.25. The fourth-order valence-corrected chi connectivity index (χ4v) is 1.41. The molecule has 0 radical (unpaired) electrons. The quantitative estimate of drug-likeness (QED) is 0.585. The van der Waals surface area contributed by atoms with E-state index in [0.29, 0.717) is 13.0 Å². The summed E-state index contributed by atoms with van der Waals surface area (Å²) in [6.45, 7) is 0.525. The maximum absolute atomic E-state index is 11.3. The molecule has 1 unspecified atom stereocenters. The molecule has 1 aliphatic heterocycles. The molecule has 5 nitrogen and oxygen atoms in total. The number of ether oxygens (including phenoxy) is 1. The Kier molecular flexibility index (Phi) is 3.23. The Morgan fingerprint density at radius 3 is 3.08 bits per heavy atom. The molecule has 0 aromatic carbocycles. The molecule has 0 aliphatic carbocycles. The Labute approximate surface area is 76.5 Å². The minimum atomic E-state index is -1.44. The molecule has 2 atom stereocenters. The van der Waals surface area contributed by atoms with Crippen LogP contribution in [-0.2, 0) is 9.53 Å². The van der Waals surface area contributed by atoms with Crippen LogP contribution in [0.1, 0.15) is 12.8 Å². The summed E-state index contributed by atoms with van der Waals surface area (Å²) in [6, 6.07) is 1.61. The van der Waals surface area contributed by atoms with Crippen molar-refractivity contribution in [2.45, 2.75) is 25.2 Å². The van der Waals surface area contributed by atoms with E-state index in [2.05, 4.69) is 4.74 Å². The highest BCUT2D eigenvalue weighted by atomic mass is 16.6. The minimum absolute atomic E-state index is 0.405. The molecule has 1 aliphatic rings. The minimum Gasteiger partial charge on any atom is -0.361 e. The largest absolute Gasteiger partial charge is 0.361 e. The summed E-state index contributed by atoms with van der Waals surface area (Å²) < 4.78 is 4.47. The van der Waals surface area contributed by atoms with Crippen LogP contribution < -0.4 is 0 Å². The zero-order valence-corrected chi connectivity index (χ0v) is 7.43. The third-order valence-electron chi connectivity index (χ3n) is 2.12. The van der Waals surface area contributed by atoms with Crippen LogP contribution in [0.15, 0.2) is 0 Å². The van der Waals surface area contributed by atoms with Gasteiger partial charge >= 0.3 is 0 Å². The number of amides is 1. The topological polar surface area (TPSA) is 73.6 Å². The van der Waals surface area contributed by atoms with Gasteiger partial charge in [-0.15, -0.1) is 0 Å². The monoisotopic (exact) mass is 184 g/mol. The van der Waals surface area contributed by atoms with Crippen molar-refractivity contribution in [3.63, 3.8) is 0 Å². The van der Waals surface area contributed by atoms with Crippen LogP contribution in [0.5, 0.6) is 0 Å².